The topological polar surface area (TPSA) is 58.6 Å². The van der Waals surface area contributed by atoms with Crippen molar-refractivity contribution in [2.75, 3.05) is 13.1 Å². The number of nitrogens with zero attached hydrogens (tertiary/aromatic N) is 4. The molecule has 0 bridgehead atoms. The summed E-state index contributed by atoms with van der Waals surface area (Å²) in [7, 11) is 0. The van der Waals surface area contributed by atoms with Crippen LogP contribution < -0.4 is 0 Å². The van der Waals surface area contributed by atoms with Crippen LogP contribution in [0.3, 0.4) is 0 Å². The van der Waals surface area contributed by atoms with Crippen molar-refractivity contribution in [2.45, 2.75) is 44.4 Å². The van der Waals surface area contributed by atoms with Gasteiger partial charge in [0.15, 0.2) is 0 Å². The molecule has 156 valence electrons. The summed E-state index contributed by atoms with van der Waals surface area (Å²) in [5, 5.41) is 1.56. The van der Waals surface area contributed by atoms with E-state index in [1.54, 1.807) is 23.3 Å². The summed E-state index contributed by atoms with van der Waals surface area (Å²) < 4.78 is 22.5. The molecule has 2 aliphatic rings. The van der Waals surface area contributed by atoms with E-state index in [2.05, 4.69) is 25.8 Å². The van der Waals surface area contributed by atoms with Crippen molar-refractivity contribution >= 4 is 28.7 Å². The maximum atomic E-state index is 13.9. The molecule has 0 atom stereocenters. The molecule has 30 heavy (non-hydrogen) atoms. The first-order chi connectivity index (χ1) is 14.6. The standard InChI is InChI=1S/C22H23FN4O2S/c23-18-4-2-1-3-17(18)15-29-27-21(28)7-8-22(27)9-11-26(12-10-22)14-16-5-6-19-20(13-16)25-30-24-19/h1-6,13H,7-12,14-15H2. The molecule has 1 aromatic heterocycles. The van der Waals surface area contributed by atoms with Gasteiger partial charge in [-0.05, 0) is 43.0 Å². The average molecular weight is 427 g/mol. The van der Waals surface area contributed by atoms with Gasteiger partial charge in [0.05, 0.1) is 17.3 Å². The Hall–Kier alpha value is -2.42. The largest absolute Gasteiger partial charge is 0.299 e. The van der Waals surface area contributed by atoms with Crippen LogP contribution in [0.25, 0.3) is 11.0 Å². The predicted molar refractivity (Wildman–Crippen MR) is 112 cm³/mol. The number of hydrogen-bond acceptors (Lipinski definition) is 6. The number of benzene rings is 2. The Morgan fingerprint density at radius 2 is 1.87 bits per heavy atom. The van der Waals surface area contributed by atoms with E-state index in [1.807, 2.05) is 6.07 Å². The lowest BCUT2D eigenvalue weighted by Gasteiger charge is -2.43. The minimum atomic E-state index is -0.305. The van der Waals surface area contributed by atoms with E-state index in [9.17, 15) is 9.18 Å². The summed E-state index contributed by atoms with van der Waals surface area (Å²) in [5.41, 5.74) is 3.30. The van der Waals surface area contributed by atoms with Gasteiger partial charge in [-0.25, -0.2) is 9.45 Å². The Labute approximate surface area is 178 Å². The van der Waals surface area contributed by atoms with Gasteiger partial charge in [-0.15, -0.1) is 0 Å². The van der Waals surface area contributed by atoms with Gasteiger partial charge in [-0.2, -0.15) is 8.75 Å². The Morgan fingerprint density at radius 1 is 1.07 bits per heavy atom. The number of hydroxylamine groups is 2. The number of rotatable bonds is 5. The van der Waals surface area contributed by atoms with Gasteiger partial charge in [0, 0.05) is 31.6 Å². The second kappa shape index (κ2) is 8.02. The van der Waals surface area contributed by atoms with Gasteiger partial charge in [-0.1, -0.05) is 24.3 Å². The highest BCUT2D eigenvalue weighted by atomic mass is 32.1. The molecule has 8 heteroatoms. The van der Waals surface area contributed by atoms with Crippen LogP contribution in [-0.4, -0.2) is 43.2 Å². The fourth-order valence-electron chi connectivity index (χ4n) is 4.53. The average Bonchev–Trinajstić information content (AvgIpc) is 3.34. The van der Waals surface area contributed by atoms with Gasteiger partial charge in [0.25, 0.3) is 0 Å². The number of likely N-dealkylation sites (tertiary alicyclic amines) is 1. The zero-order chi connectivity index (χ0) is 20.6. The van der Waals surface area contributed by atoms with Crippen LogP contribution in [-0.2, 0) is 22.8 Å². The van der Waals surface area contributed by atoms with Crippen molar-refractivity contribution in [1.82, 2.24) is 18.7 Å². The molecule has 2 fully saturated rings. The smallest absolute Gasteiger partial charge is 0.246 e. The molecule has 2 aliphatic heterocycles. The van der Waals surface area contributed by atoms with Gasteiger partial charge in [-0.3, -0.25) is 14.5 Å². The van der Waals surface area contributed by atoms with Gasteiger partial charge >= 0.3 is 0 Å². The maximum Gasteiger partial charge on any atom is 0.246 e. The van der Waals surface area contributed by atoms with Gasteiger partial charge in [0.2, 0.25) is 5.91 Å². The van der Waals surface area contributed by atoms with E-state index in [1.165, 1.54) is 23.4 Å². The molecule has 1 spiro atoms. The number of carbonyl (C=O) groups is 1. The molecule has 5 rings (SSSR count). The minimum absolute atomic E-state index is 0.00118. The third kappa shape index (κ3) is 3.71. The number of amides is 1. The summed E-state index contributed by atoms with van der Waals surface area (Å²) in [6.45, 7) is 2.71. The number of carbonyl (C=O) groups excluding carboxylic acids is 1. The molecule has 2 aromatic carbocycles. The molecule has 0 N–H and O–H groups in total. The predicted octanol–water partition coefficient (Wildman–Crippen LogP) is 3.92. The molecule has 6 nitrogen and oxygen atoms in total. The third-order valence-electron chi connectivity index (χ3n) is 6.28. The molecule has 3 aromatic rings. The molecule has 0 aliphatic carbocycles. The Kier molecular flexibility index (Phi) is 5.22. The van der Waals surface area contributed by atoms with Crippen LogP contribution in [0.2, 0.25) is 0 Å². The van der Waals surface area contributed by atoms with E-state index in [4.69, 9.17) is 4.84 Å². The van der Waals surface area contributed by atoms with Crippen LogP contribution in [0, 0.1) is 5.82 Å². The van der Waals surface area contributed by atoms with E-state index in [0.29, 0.717) is 12.0 Å². The molecule has 0 saturated carbocycles. The normalized spacial score (nSPS) is 19.2. The first-order valence-corrected chi connectivity index (χ1v) is 11.0. The lowest BCUT2D eigenvalue weighted by Crippen LogP contribution is -2.52. The van der Waals surface area contributed by atoms with E-state index in [-0.39, 0.29) is 23.9 Å². The number of piperidine rings is 1. The van der Waals surface area contributed by atoms with E-state index >= 15 is 0 Å². The quantitative estimate of drug-likeness (QED) is 0.619. The fraction of sp³-hybridized carbons (Fsp3) is 0.409. The molecule has 2 saturated heterocycles. The highest BCUT2D eigenvalue weighted by Crippen LogP contribution is 2.40. The molecule has 3 heterocycles. The van der Waals surface area contributed by atoms with Gasteiger partial charge < -0.3 is 0 Å². The van der Waals surface area contributed by atoms with E-state index in [0.717, 1.165) is 49.9 Å². The Balaban J connectivity index is 1.23. The molecular formula is C22H23FN4O2S. The lowest BCUT2D eigenvalue weighted by atomic mass is 9.86. The van der Waals surface area contributed by atoms with Crippen molar-refractivity contribution in [3.63, 3.8) is 0 Å². The lowest BCUT2D eigenvalue weighted by molar-refractivity contribution is -0.223. The number of aromatic nitrogens is 2. The summed E-state index contributed by atoms with van der Waals surface area (Å²) >= 11 is 1.24. The van der Waals surface area contributed by atoms with Crippen LogP contribution in [0.4, 0.5) is 4.39 Å². The van der Waals surface area contributed by atoms with Crippen molar-refractivity contribution in [3.05, 3.63) is 59.4 Å². The van der Waals surface area contributed by atoms with Crippen molar-refractivity contribution in [1.29, 1.82) is 0 Å². The highest BCUT2D eigenvalue weighted by Gasteiger charge is 2.48. The first-order valence-electron chi connectivity index (χ1n) is 10.3. The zero-order valence-corrected chi connectivity index (χ0v) is 17.4. The number of halogens is 1. The monoisotopic (exact) mass is 426 g/mol. The van der Waals surface area contributed by atoms with Crippen molar-refractivity contribution in [2.24, 2.45) is 0 Å². The SMILES string of the molecule is O=C1CCC2(CCN(Cc3ccc4nsnc4c3)CC2)N1OCc1ccccc1F. The summed E-state index contributed by atoms with van der Waals surface area (Å²) in [5.74, 6) is -0.304. The first kappa shape index (κ1) is 19.5. The summed E-state index contributed by atoms with van der Waals surface area (Å²) in [6.07, 6.45) is 3.01. The van der Waals surface area contributed by atoms with Crippen LogP contribution >= 0.6 is 11.7 Å². The Morgan fingerprint density at radius 3 is 2.70 bits per heavy atom. The molecular weight excluding hydrogens is 403 g/mol. The van der Waals surface area contributed by atoms with Gasteiger partial charge in [0.1, 0.15) is 23.5 Å². The maximum absolute atomic E-state index is 13.9. The fourth-order valence-corrected chi connectivity index (χ4v) is 5.05. The zero-order valence-electron chi connectivity index (χ0n) is 16.6. The Bertz CT molecular complexity index is 1060. The van der Waals surface area contributed by atoms with Crippen LogP contribution in [0.1, 0.15) is 36.8 Å². The van der Waals surface area contributed by atoms with Crippen molar-refractivity contribution in [3.8, 4) is 0 Å². The second-order valence-electron chi connectivity index (χ2n) is 8.14. The van der Waals surface area contributed by atoms with E-state index < -0.39 is 0 Å². The highest BCUT2D eigenvalue weighted by molar-refractivity contribution is 7.00. The summed E-state index contributed by atoms with van der Waals surface area (Å²) in [6, 6.07) is 12.8. The number of hydrogen-bond donors (Lipinski definition) is 0. The second-order valence-corrected chi connectivity index (χ2v) is 8.67. The molecule has 0 radical (unpaired) electrons. The molecule has 1 amide bonds. The number of fused-ring (bicyclic) bond motifs is 1. The van der Waals surface area contributed by atoms with Crippen molar-refractivity contribution < 1.29 is 14.0 Å². The third-order valence-corrected chi connectivity index (χ3v) is 6.84. The van der Waals surface area contributed by atoms with Crippen LogP contribution in [0.5, 0.6) is 0 Å². The summed E-state index contributed by atoms with van der Waals surface area (Å²) in [4.78, 5) is 20.8. The minimum Gasteiger partial charge on any atom is -0.299 e. The van der Waals surface area contributed by atoms with Crippen LogP contribution in [0.15, 0.2) is 42.5 Å². The molecule has 0 unspecified atom stereocenters.